The van der Waals surface area contributed by atoms with Gasteiger partial charge in [-0.15, -0.1) is 0 Å². The van der Waals surface area contributed by atoms with Gasteiger partial charge in [-0.3, -0.25) is 9.10 Å². The number of carbonyl (C=O) groups is 1. The van der Waals surface area contributed by atoms with E-state index in [1.54, 1.807) is 48.5 Å². The molecule has 1 aliphatic rings. The highest BCUT2D eigenvalue weighted by molar-refractivity contribution is 7.92. The minimum absolute atomic E-state index is 0.125. The largest absolute Gasteiger partial charge is 0.454 e. The van der Waals surface area contributed by atoms with Gasteiger partial charge in [-0.1, -0.05) is 36.4 Å². The normalized spacial score (nSPS) is 12.4. The van der Waals surface area contributed by atoms with Gasteiger partial charge < -0.3 is 14.8 Å². The van der Waals surface area contributed by atoms with Gasteiger partial charge in [0, 0.05) is 6.54 Å². The first kappa shape index (κ1) is 20.7. The summed E-state index contributed by atoms with van der Waals surface area (Å²) >= 11 is 0. The van der Waals surface area contributed by atoms with Crippen LogP contribution in [0.2, 0.25) is 0 Å². The Labute approximate surface area is 181 Å². The lowest BCUT2D eigenvalue weighted by Gasteiger charge is -2.24. The Morgan fingerprint density at radius 2 is 1.74 bits per heavy atom. The Bertz CT molecular complexity index is 1200. The Kier molecular flexibility index (Phi) is 5.81. The number of fused-ring (bicyclic) bond motifs is 1. The number of benzene rings is 3. The molecule has 0 aliphatic carbocycles. The minimum Gasteiger partial charge on any atom is -0.454 e. The van der Waals surface area contributed by atoms with E-state index in [-0.39, 0.29) is 24.8 Å². The van der Waals surface area contributed by atoms with Gasteiger partial charge >= 0.3 is 0 Å². The van der Waals surface area contributed by atoms with E-state index in [0.717, 1.165) is 15.4 Å². The number of nitrogens with zero attached hydrogens (tertiary/aromatic N) is 1. The Balaban J connectivity index is 1.54. The summed E-state index contributed by atoms with van der Waals surface area (Å²) in [6, 6.07) is 20.5. The zero-order valence-electron chi connectivity index (χ0n) is 16.9. The molecule has 3 aromatic rings. The number of amides is 1. The van der Waals surface area contributed by atoms with E-state index in [9.17, 15) is 13.2 Å². The molecule has 0 fully saturated rings. The summed E-state index contributed by atoms with van der Waals surface area (Å²) in [5, 5.41) is 2.79. The first-order valence-electron chi connectivity index (χ1n) is 9.73. The summed E-state index contributed by atoms with van der Waals surface area (Å²) in [5.74, 6) is 0.869. The van der Waals surface area contributed by atoms with Crippen LogP contribution in [-0.4, -0.2) is 27.7 Å². The third-order valence-corrected chi connectivity index (χ3v) is 6.62. The van der Waals surface area contributed by atoms with Crippen LogP contribution in [0.15, 0.2) is 77.7 Å². The molecule has 31 heavy (non-hydrogen) atoms. The second kappa shape index (κ2) is 8.69. The first-order valence-corrected chi connectivity index (χ1v) is 11.2. The van der Waals surface area contributed by atoms with Gasteiger partial charge in [0.25, 0.3) is 10.0 Å². The maximum atomic E-state index is 13.3. The van der Waals surface area contributed by atoms with E-state index < -0.39 is 15.9 Å². The summed E-state index contributed by atoms with van der Waals surface area (Å²) in [5.41, 5.74) is 2.15. The predicted molar refractivity (Wildman–Crippen MR) is 117 cm³/mol. The fourth-order valence-corrected chi connectivity index (χ4v) is 4.69. The molecule has 7 nitrogen and oxygen atoms in total. The number of carbonyl (C=O) groups excluding carboxylic acids is 1. The van der Waals surface area contributed by atoms with Gasteiger partial charge in [-0.25, -0.2) is 8.42 Å². The average molecular weight is 439 g/mol. The predicted octanol–water partition coefficient (Wildman–Crippen LogP) is 3.24. The molecule has 1 aliphatic heterocycles. The number of sulfonamides is 1. The van der Waals surface area contributed by atoms with Crippen LogP contribution < -0.4 is 19.1 Å². The molecule has 0 saturated carbocycles. The molecule has 160 valence electrons. The average Bonchev–Trinajstić information content (AvgIpc) is 3.24. The maximum Gasteiger partial charge on any atom is 0.264 e. The Morgan fingerprint density at radius 1 is 0.968 bits per heavy atom. The number of hydrogen-bond donors (Lipinski definition) is 1. The van der Waals surface area contributed by atoms with Gasteiger partial charge in [0.1, 0.15) is 6.54 Å². The van der Waals surface area contributed by atoms with E-state index >= 15 is 0 Å². The molecule has 1 N–H and O–H groups in total. The number of ether oxygens (including phenoxy) is 2. The van der Waals surface area contributed by atoms with Crippen molar-refractivity contribution in [2.75, 3.05) is 17.6 Å². The minimum atomic E-state index is -3.92. The topological polar surface area (TPSA) is 84.9 Å². The van der Waals surface area contributed by atoms with Gasteiger partial charge in [-0.05, 0) is 54.4 Å². The van der Waals surface area contributed by atoms with Gasteiger partial charge in [0.05, 0.1) is 10.6 Å². The van der Waals surface area contributed by atoms with E-state index in [1.165, 1.54) is 12.1 Å². The van der Waals surface area contributed by atoms with Crippen LogP contribution in [0.1, 0.15) is 11.1 Å². The number of aryl methyl sites for hydroxylation is 1. The smallest absolute Gasteiger partial charge is 0.264 e. The molecule has 8 heteroatoms. The number of nitrogens with one attached hydrogen (secondary N) is 1. The number of hydrogen-bond acceptors (Lipinski definition) is 5. The molecule has 0 unspecified atom stereocenters. The standard InChI is InChI=1S/C23H22N2O5S/c1-17-6-5-7-19(12-17)25(31(27,28)20-8-3-2-4-9-20)15-23(26)24-14-18-10-11-21-22(13-18)30-16-29-21/h2-13H,14-16H2,1H3,(H,24,26). The SMILES string of the molecule is Cc1cccc(N(CC(=O)NCc2ccc3c(c2)OCO3)S(=O)(=O)c2ccccc2)c1. The summed E-state index contributed by atoms with van der Waals surface area (Å²) in [6.45, 7) is 1.94. The monoisotopic (exact) mass is 438 g/mol. The van der Waals surface area contributed by atoms with Crippen molar-refractivity contribution in [2.45, 2.75) is 18.4 Å². The van der Waals surface area contributed by atoms with Crippen molar-refractivity contribution >= 4 is 21.6 Å². The van der Waals surface area contributed by atoms with Crippen LogP contribution in [-0.2, 0) is 21.4 Å². The second-order valence-corrected chi connectivity index (χ2v) is 8.99. The first-order chi connectivity index (χ1) is 14.9. The van der Waals surface area contributed by atoms with E-state index in [1.807, 2.05) is 19.1 Å². The zero-order chi connectivity index (χ0) is 21.8. The molecule has 3 aromatic carbocycles. The van der Waals surface area contributed by atoms with Crippen molar-refractivity contribution in [3.05, 3.63) is 83.9 Å². The van der Waals surface area contributed by atoms with Crippen LogP contribution >= 0.6 is 0 Å². The fourth-order valence-electron chi connectivity index (χ4n) is 3.26. The third kappa shape index (κ3) is 4.64. The molecule has 1 amide bonds. The summed E-state index contributed by atoms with van der Waals surface area (Å²) in [6.07, 6.45) is 0. The zero-order valence-corrected chi connectivity index (χ0v) is 17.8. The van der Waals surface area contributed by atoms with Crippen LogP contribution in [0.5, 0.6) is 11.5 Å². The molecule has 0 aromatic heterocycles. The van der Waals surface area contributed by atoms with E-state index in [4.69, 9.17) is 9.47 Å². The molecule has 0 radical (unpaired) electrons. The van der Waals surface area contributed by atoms with Crippen LogP contribution in [0.4, 0.5) is 5.69 Å². The summed E-state index contributed by atoms with van der Waals surface area (Å²) in [4.78, 5) is 12.8. The molecule has 0 bridgehead atoms. The molecular weight excluding hydrogens is 416 g/mol. The van der Waals surface area contributed by atoms with E-state index in [2.05, 4.69) is 5.32 Å². The van der Waals surface area contributed by atoms with Gasteiger partial charge in [-0.2, -0.15) is 0 Å². The number of rotatable bonds is 7. The van der Waals surface area contributed by atoms with Crippen molar-refractivity contribution in [3.63, 3.8) is 0 Å². The second-order valence-electron chi connectivity index (χ2n) is 7.13. The summed E-state index contributed by atoms with van der Waals surface area (Å²) < 4.78 is 38.4. The van der Waals surface area contributed by atoms with Crippen LogP contribution in [0, 0.1) is 6.92 Å². The molecule has 1 heterocycles. The lowest BCUT2D eigenvalue weighted by atomic mass is 10.2. The molecule has 0 saturated heterocycles. The third-order valence-electron chi connectivity index (χ3n) is 4.83. The van der Waals surface area contributed by atoms with Crippen molar-refractivity contribution < 1.29 is 22.7 Å². The van der Waals surface area contributed by atoms with Crippen LogP contribution in [0.3, 0.4) is 0 Å². The maximum absolute atomic E-state index is 13.3. The Hall–Kier alpha value is -3.52. The van der Waals surface area contributed by atoms with Crippen LogP contribution in [0.25, 0.3) is 0 Å². The highest BCUT2D eigenvalue weighted by atomic mass is 32.2. The quantitative estimate of drug-likeness (QED) is 0.612. The lowest BCUT2D eigenvalue weighted by molar-refractivity contribution is -0.119. The van der Waals surface area contributed by atoms with Crippen molar-refractivity contribution in [1.29, 1.82) is 0 Å². The molecule has 0 spiro atoms. The van der Waals surface area contributed by atoms with Crippen molar-refractivity contribution in [1.82, 2.24) is 5.32 Å². The van der Waals surface area contributed by atoms with Crippen molar-refractivity contribution in [2.24, 2.45) is 0 Å². The van der Waals surface area contributed by atoms with Crippen molar-refractivity contribution in [3.8, 4) is 11.5 Å². The lowest BCUT2D eigenvalue weighted by Crippen LogP contribution is -2.40. The fraction of sp³-hybridized carbons (Fsp3) is 0.174. The molecule has 4 rings (SSSR count). The van der Waals surface area contributed by atoms with Gasteiger partial charge in [0.15, 0.2) is 11.5 Å². The highest BCUT2D eigenvalue weighted by Crippen LogP contribution is 2.32. The molecule has 0 atom stereocenters. The van der Waals surface area contributed by atoms with Gasteiger partial charge in [0.2, 0.25) is 12.7 Å². The number of anilines is 1. The Morgan fingerprint density at radius 3 is 2.52 bits per heavy atom. The summed E-state index contributed by atoms with van der Waals surface area (Å²) in [7, 11) is -3.92. The molecular formula is C23H22N2O5S. The highest BCUT2D eigenvalue weighted by Gasteiger charge is 2.27. The van der Waals surface area contributed by atoms with E-state index in [0.29, 0.717) is 17.2 Å².